The molecule has 0 radical (unpaired) electrons. The number of nitrogens with zero attached hydrogens (tertiary/aromatic N) is 2. The molecule has 4 heteroatoms. The molecule has 0 saturated heterocycles. The molecular weight excluding hydrogens is 218 g/mol. The number of benzene rings is 1. The van der Waals surface area contributed by atoms with Gasteiger partial charge in [-0.05, 0) is 42.3 Å². The van der Waals surface area contributed by atoms with Crippen LogP contribution in [0.2, 0.25) is 0 Å². The summed E-state index contributed by atoms with van der Waals surface area (Å²) in [6, 6.07) is 8.40. The van der Waals surface area contributed by atoms with E-state index in [0.717, 1.165) is 12.1 Å². The van der Waals surface area contributed by atoms with Crippen molar-refractivity contribution in [3.8, 4) is 5.69 Å². The Hall–Kier alpha value is -1.42. The molecule has 3 nitrogen and oxygen atoms in total. The van der Waals surface area contributed by atoms with Crippen LogP contribution < -0.4 is 0 Å². The van der Waals surface area contributed by atoms with Crippen molar-refractivity contribution >= 4 is 12.2 Å². The molecule has 2 rings (SSSR count). The molecule has 0 bridgehead atoms. The van der Waals surface area contributed by atoms with Gasteiger partial charge in [-0.2, -0.15) is 5.10 Å². The normalized spacial score (nSPS) is 10.9. The average molecular weight is 233 g/mol. The van der Waals surface area contributed by atoms with E-state index >= 15 is 0 Å². The lowest BCUT2D eigenvalue weighted by atomic mass is 10.0. The number of aromatic nitrogens is 3. The Morgan fingerprint density at radius 3 is 2.88 bits per heavy atom. The summed E-state index contributed by atoms with van der Waals surface area (Å²) in [6.07, 6.45) is 2.79. The zero-order valence-corrected chi connectivity index (χ0v) is 10.3. The van der Waals surface area contributed by atoms with Crippen molar-refractivity contribution < 1.29 is 0 Å². The summed E-state index contributed by atoms with van der Waals surface area (Å²) in [5, 5.41) is 6.68. The van der Waals surface area contributed by atoms with Gasteiger partial charge in [0.15, 0.2) is 4.77 Å². The summed E-state index contributed by atoms with van der Waals surface area (Å²) < 4.78 is 2.50. The van der Waals surface area contributed by atoms with Gasteiger partial charge >= 0.3 is 0 Å². The van der Waals surface area contributed by atoms with Crippen molar-refractivity contribution in [2.24, 2.45) is 5.92 Å². The summed E-state index contributed by atoms with van der Waals surface area (Å²) in [7, 11) is 0. The zero-order chi connectivity index (χ0) is 11.5. The van der Waals surface area contributed by atoms with Crippen LogP contribution in [0.1, 0.15) is 19.4 Å². The molecule has 0 aliphatic rings. The van der Waals surface area contributed by atoms with Gasteiger partial charge in [-0.15, -0.1) is 0 Å². The minimum absolute atomic E-state index is 0.627. The van der Waals surface area contributed by atoms with Crippen LogP contribution in [0.3, 0.4) is 0 Å². The van der Waals surface area contributed by atoms with E-state index in [9.17, 15) is 0 Å². The lowest BCUT2D eigenvalue weighted by Gasteiger charge is -2.07. The first kappa shape index (κ1) is 11.1. The third-order valence-electron chi connectivity index (χ3n) is 2.38. The van der Waals surface area contributed by atoms with Crippen molar-refractivity contribution in [3.63, 3.8) is 0 Å². The molecule has 0 amide bonds. The first-order chi connectivity index (χ1) is 7.66. The highest BCUT2D eigenvalue weighted by Gasteiger charge is 2.01. The Kier molecular flexibility index (Phi) is 3.19. The predicted octanol–water partition coefficient (Wildman–Crippen LogP) is 3.13. The van der Waals surface area contributed by atoms with Gasteiger partial charge in [-0.1, -0.05) is 26.0 Å². The average Bonchev–Trinajstić information content (AvgIpc) is 2.64. The maximum absolute atomic E-state index is 5.14. The molecule has 2 aromatic rings. The molecule has 0 fully saturated rings. The molecule has 1 aromatic carbocycles. The predicted molar refractivity (Wildman–Crippen MR) is 67.3 cm³/mol. The van der Waals surface area contributed by atoms with Crippen molar-refractivity contribution in [1.82, 2.24) is 14.8 Å². The Labute approximate surface area is 100 Å². The molecule has 1 heterocycles. The van der Waals surface area contributed by atoms with Crippen molar-refractivity contribution in [2.75, 3.05) is 0 Å². The van der Waals surface area contributed by atoms with Gasteiger partial charge in [0.05, 0.1) is 0 Å². The topological polar surface area (TPSA) is 33.6 Å². The van der Waals surface area contributed by atoms with Gasteiger partial charge in [0.1, 0.15) is 6.33 Å². The van der Waals surface area contributed by atoms with Crippen molar-refractivity contribution in [1.29, 1.82) is 0 Å². The summed E-state index contributed by atoms with van der Waals surface area (Å²) in [5.74, 6) is 0.660. The van der Waals surface area contributed by atoms with Gasteiger partial charge in [0.2, 0.25) is 0 Å². The largest absolute Gasteiger partial charge is 0.275 e. The molecule has 0 unspecified atom stereocenters. The number of H-pyrrole nitrogens is 1. The van der Waals surface area contributed by atoms with E-state index in [1.165, 1.54) is 5.56 Å². The molecule has 84 valence electrons. The third-order valence-corrected chi connectivity index (χ3v) is 2.67. The second-order valence-electron chi connectivity index (χ2n) is 4.30. The summed E-state index contributed by atoms with van der Waals surface area (Å²) >= 11 is 5.14. The number of rotatable bonds is 3. The molecule has 0 aliphatic carbocycles. The Bertz CT molecular complexity index is 525. The van der Waals surface area contributed by atoms with Crippen LogP contribution in [0.4, 0.5) is 0 Å². The van der Waals surface area contributed by atoms with Crippen LogP contribution in [0.5, 0.6) is 0 Å². The van der Waals surface area contributed by atoms with E-state index < -0.39 is 0 Å². The third kappa shape index (κ3) is 2.39. The van der Waals surface area contributed by atoms with Crippen LogP contribution in [-0.4, -0.2) is 14.8 Å². The van der Waals surface area contributed by atoms with E-state index in [-0.39, 0.29) is 0 Å². The zero-order valence-electron chi connectivity index (χ0n) is 9.47. The Morgan fingerprint density at radius 1 is 1.44 bits per heavy atom. The molecule has 0 saturated carbocycles. The maximum atomic E-state index is 5.14. The minimum atomic E-state index is 0.627. The Morgan fingerprint density at radius 2 is 2.25 bits per heavy atom. The number of hydrogen-bond acceptors (Lipinski definition) is 2. The smallest absolute Gasteiger partial charge is 0.199 e. The van der Waals surface area contributed by atoms with Crippen LogP contribution in [0, 0.1) is 10.7 Å². The first-order valence-electron chi connectivity index (χ1n) is 5.38. The second kappa shape index (κ2) is 4.61. The minimum Gasteiger partial charge on any atom is -0.275 e. The maximum Gasteiger partial charge on any atom is 0.199 e. The first-order valence-corrected chi connectivity index (χ1v) is 5.79. The fraction of sp³-hybridized carbons (Fsp3) is 0.333. The van der Waals surface area contributed by atoms with Crippen LogP contribution in [-0.2, 0) is 6.42 Å². The van der Waals surface area contributed by atoms with Crippen LogP contribution in [0.15, 0.2) is 30.6 Å². The lowest BCUT2D eigenvalue weighted by molar-refractivity contribution is 0.647. The number of hydrogen-bond donors (Lipinski definition) is 1. The molecule has 0 aliphatic heterocycles. The monoisotopic (exact) mass is 233 g/mol. The van der Waals surface area contributed by atoms with Gasteiger partial charge in [0.25, 0.3) is 0 Å². The van der Waals surface area contributed by atoms with Crippen molar-refractivity contribution in [2.45, 2.75) is 20.3 Å². The van der Waals surface area contributed by atoms with Gasteiger partial charge in [0, 0.05) is 5.69 Å². The van der Waals surface area contributed by atoms with Gasteiger partial charge in [-0.25, -0.2) is 0 Å². The number of aromatic amines is 1. The van der Waals surface area contributed by atoms with Gasteiger partial charge < -0.3 is 0 Å². The van der Waals surface area contributed by atoms with E-state index in [4.69, 9.17) is 12.2 Å². The highest BCUT2D eigenvalue weighted by Crippen LogP contribution is 2.13. The standard InChI is InChI=1S/C12H15N3S/c1-9(2)6-10-4-3-5-11(7-10)15-8-13-14-12(15)16/h3-5,7-9H,6H2,1-2H3,(H,14,16). The Balaban J connectivity index is 2.36. The molecule has 1 aromatic heterocycles. The highest BCUT2D eigenvalue weighted by molar-refractivity contribution is 7.71. The van der Waals surface area contributed by atoms with E-state index in [0.29, 0.717) is 10.7 Å². The van der Waals surface area contributed by atoms with Crippen molar-refractivity contribution in [3.05, 3.63) is 40.9 Å². The second-order valence-corrected chi connectivity index (χ2v) is 4.69. The molecule has 0 spiro atoms. The van der Waals surface area contributed by atoms with E-state index in [1.807, 2.05) is 10.6 Å². The molecule has 0 atom stereocenters. The fourth-order valence-corrected chi connectivity index (χ4v) is 1.94. The quantitative estimate of drug-likeness (QED) is 0.826. The molecular formula is C12H15N3S. The van der Waals surface area contributed by atoms with E-state index in [2.05, 4.69) is 42.2 Å². The summed E-state index contributed by atoms with van der Waals surface area (Å²) in [4.78, 5) is 0. The van der Waals surface area contributed by atoms with Crippen LogP contribution in [0.25, 0.3) is 5.69 Å². The lowest BCUT2D eigenvalue weighted by Crippen LogP contribution is -1.97. The number of nitrogens with one attached hydrogen (secondary N) is 1. The van der Waals surface area contributed by atoms with Crippen LogP contribution >= 0.6 is 12.2 Å². The summed E-state index contributed by atoms with van der Waals surface area (Å²) in [5.41, 5.74) is 2.40. The highest BCUT2D eigenvalue weighted by atomic mass is 32.1. The van der Waals surface area contributed by atoms with E-state index in [1.54, 1.807) is 6.33 Å². The summed E-state index contributed by atoms with van der Waals surface area (Å²) in [6.45, 7) is 4.44. The molecule has 16 heavy (non-hydrogen) atoms. The van der Waals surface area contributed by atoms with Gasteiger partial charge in [-0.3, -0.25) is 9.67 Å². The SMILES string of the molecule is CC(C)Cc1cccc(-n2cn[nH]c2=S)c1. The molecule has 1 N–H and O–H groups in total. The fourth-order valence-electron chi connectivity index (χ4n) is 1.74.